The number of allylic oxidation sites excluding steroid dienone is 6. The summed E-state index contributed by atoms with van der Waals surface area (Å²) in [5.74, 6) is 0. The van der Waals surface area contributed by atoms with Gasteiger partial charge in [-0.15, -0.1) is 0 Å². The third kappa shape index (κ3) is 5.95. The predicted octanol–water partition coefficient (Wildman–Crippen LogP) is 16.3. The summed E-state index contributed by atoms with van der Waals surface area (Å²) < 4.78 is 23.0. The second kappa shape index (κ2) is 15.6. The Morgan fingerprint density at radius 1 is 0.600 bits per heavy atom. The second-order valence-corrected chi connectivity index (χ2v) is 17.0. The molecular weight excluding hydrogens is 785 g/mol. The van der Waals surface area contributed by atoms with Crippen molar-refractivity contribution in [2.45, 2.75) is 17.9 Å². The van der Waals surface area contributed by atoms with Crippen molar-refractivity contribution in [3.8, 4) is 16.8 Å². The first-order valence-corrected chi connectivity index (χ1v) is 22.4. The summed E-state index contributed by atoms with van der Waals surface area (Å²) in [6.45, 7) is 8.49. The molecule has 2 aliphatic carbocycles. The van der Waals surface area contributed by atoms with Gasteiger partial charge < -0.3 is 9.47 Å². The number of benzene rings is 9. The smallest absolute Gasteiger partial charge is 0.0714 e. The number of hydrogen-bond donors (Lipinski definition) is 0. The lowest BCUT2D eigenvalue weighted by Crippen LogP contribution is -2.32. The van der Waals surface area contributed by atoms with Crippen LogP contribution in [0.3, 0.4) is 0 Å². The number of hydrogen-bond acceptors (Lipinski definition) is 1. The highest BCUT2D eigenvalue weighted by Gasteiger charge is 2.46. The maximum atomic E-state index is 10.6. The molecule has 65 heavy (non-hydrogen) atoms. The van der Waals surface area contributed by atoms with Gasteiger partial charge in [-0.1, -0.05) is 195 Å². The molecule has 9 aromatic carbocycles. The fourth-order valence-corrected chi connectivity index (χ4v) is 10.9. The van der Waals surface area contributed by atoms with E-state index in [1.165, 1.54) is 37.9 Å². The van der Waals surface area contributed by atoms with Gasteiger partial charge >= 0.3 is 0 Å². The van der Waals surface area contributed by atoms with Crippen molar-refractivity contribution in [3.63, 3.8) is 0 Å². The van der Waals surface area contributed by atoms with E-state index < -0.39 is 5.41 Å². The van der Waals surface area contributed by atoms with Crippen LogP contribution < -0.4 is 4.90 Å². The van der Waals surface area contributed by atoms with E-state index in [4.69, 9.17) is 0 Å². The number of nitrogens with zero attached hydrogens (tertiary/aromatic N) is 2. The Morgan fingerprint density at radius 3 is 1.94 bits per heavy atom. The van der Waals surface area contributed by atoms with Gasteiger partial charge in [0.05, 0.1) is 25.2 Å². The number of anilines is 2. The van der Waals surface area contributed by atoms with Crippen molar-refractivity contribution in [1.82, 2.24) is 4.57 Å². The third-order valence-corrected chi connectivity index (χ3v) is 13.7. The van der Waals surface area contributed by atoms with E-state index in [2.05, 4.69) is 217 Å². The van der Waals surface area contributed by atoms with Crippen molar-refractivity contribution in [2.75, 3.05) is 4.90 Å². The van der Waals surface area contributed by atoms with Gasteiger partial charge in [0, 0.05) is 27.8 Å². The number of rotatable bonds is 9. The summed E-state index contributed by atoms with van der Waals surface area (Å²) in [6.07, 6.45) is 13.3. The molecule has 0 N–H and O–H groups in total. The van der Waals surface area contributed by atoms with Crippen LogP contribution in [0, 0.1) is 0 Å². The van der Waals surface area contributed by atoms with Crippen LogP contribution in [0.4, 0.5) is 11.4 Å². The molecule has 0 fully saturated rings. The molecular formula is C63H46N2. The molecule has 0 saturated carbocycles. The molecule has 0 bridgehead atoms. The Hall–Kier alpha value is -8.20. The summed E-state index contributed by atoms with van der Waals surface area (Å²) >= 11 is 0. The fraction of sp³-hybridized carbons (Fsp3) is 0.0476. The zero-order chi connectivity index (χ0) is 45.2. The van der Waals surface area contributed by atoms with Crippen molar-refractivity contribution in [2.24, 2.45) is 0 Å². The first-order chi connectivity index (χ1) is 33.0. The van der Waals surface area contributed by atoms with E-state index in [9.17, 15) is 2.74 Å². The molecule has 1 aromatic heterocycles. The highest BCUT2D eigenvalue weighted by atomic mass is 15.2. The van der Waals surface area contributed by atoms with E-state index in [1.807, 2.05) is 30.4 Å². The van der Waals surface area contributed by atoms with Crippen LogP contribution in [0.2, 0.25) is 0 Å². The van der Waals surface area contributed by atoms with Crippen LogP contribution in [-0.4, -0.2) is 10.6 Å². The largest absolute Gasteiger partial charge is 0.334 e. The normalized spacial score (nSPS) is 17.1. The summed E-state index contributed by atoms with van der Waals surface area (Å²) in [7, 11) is 0. The molecule has 0 saturated heterocycles. The van der Waals surface area contributed by atoms with Gasteiger partial charge in [-0.25, -0.2) is 0 Å². The van der Waals surface area contributed by atoms with E-state index in [0.29, 0.717) is 24.2 Å². The van der Waals surface area contributed by atoms with E-state index in [-0.39, 0.29) is 6.04 Å². The Labute approximate surface area is 383 Å². The monoisotopic (exact) mass is 832 g/mol. The highest BCUT2D eigenvalue weighted by Crippen LogP contribution is 2.57. The molecule has 2 nitrogen and oxygen atoms in total. The molecule has 2 atom stereocenters. The average Bonchev–Trinajstić information content (AvgIpc) is 3.88. The van der Waals surface area contributed by atoms with Crippen LogP contribution in [0.1, 0.15) is 31.4 Å². The molecule has 10 aromatic rings. The molecule has 0 spiro atoms. The maximum Gasteiger partial charge on any atom is 0.0714 e. The quantitative estimate of drug-likeness (QED) is 0.104. The van der Waals surface area contributed by atoms with Crippen molar-refractivity contribution in [3.05, 3.63) is 278 Å². The van der Waals surface area contributed by atoms with E-state index in [0.717, 1.165) is 61.4 Å². The molecule has 0 aliphatic heterocycles. The Balaban J connectivity index is 1.07. The molecule has 1 heterocycles. The average molecular weight is 833 g/mol. The fourth-order valence-electron chi connectivity index (χ4n) is 10.9. The standard InChI is InChI=1S/C63H46N2/c1-3-18-45(4-2)63(46-20-6-5-7-21-46)59-28-15-12-25-54(59)55-40-39-50(42-60(55)63)64(48-35-37-49(38-36-48)65-61-29-16-13-26-56(61)57-27-14-17-30-62(57)65)47-33-31-43(32-34-47)58-41-44-19-8-9-22-51(44)52-23-10-11-24-53(52)58/h3-33,35-42,47H,1-2,34H2/b45-18+/i39D,42D. The van der Waals surface area contributed by atoms with Crippen LogP contribution >= 0.6 is 0 Å². The lowest BCUT2D eigenvalue weighted by atomic mass is 9.67. The zero-order valence-corrected chi connectivity index (χ0v) is 36.0. The molecule has 2 unspecified atom stereocenters. The minimum Gasteiger partial charge on any atom is -0.334 e. The van der Waals surface area contributed by atoms with Gasteiger partial charge in [0.15, 0.2) is 0 Å². The van der Waals surface area contributed by atoms with Crippen molar-refractivity contribution in [1.29, 1.82) is 0 Å². The zero-order valence-electron chi connectivity index (χ0n) is 38.0. The predicted molar refractivity (Wildman–Crippen MR) is 277 cm³/mol. The van der Waals surface area contributed by atoms with Gasteiger partial charge in [-0.05, 0) is 127 Å². The van der Waals surface area contributed by atoms with Crippen LogP contribution in [0.15, 0.2) is 255 Å². The Morgan fingerprint density at radius 2 is 1.23 bits per heavy atom. The first kappa shape index (κ1) is 36.3. The summed E-state index contributed by atoms with van der Waals surface area (Å²) in [5, 5.41) is 7.33. The number of fused-ring (bicyclic) bond motifs is 9. The lowest BCUT2D eigenvalue weighted by Gasteiger charge is -2.37. The molecule has 2 aliphatic rings. The van der Waals surface area contributed by atoms with Gasteiger partial charge in [-0.3, -0.25) is 0 Å². The van der Waals surface area contributed by atoms with Gasteiger partial charge in [0.1, 0.15) is 0 Å². The maximum absolute atomic E-state index is 10.6. The number of aromatic nitrogens is 1. The Bertz CT molecular complexity index is 3690. The van der Waals surface area contributed by atoms with Crippen LogP contribution in [0.25, 0.3) is 65.7 Å². The van der Waals surface area contributed by atoms with Crippen molar-refractivity contribution >= 4 is 60.3 Å². The van der Waals surface area contributed by atoms with Gasteiger partial charge in [0.25, 0.3) is 0 Å². The lowest BCUT2D eigenvalue weighted by molar-refractivity contribution is 0.760. The number of para-hydroxylation sites is 2. The topological polar surface area (TPSA) is 8.17 Å². The summed E-state index contributed by atoms with van der Waals surface area (Å²) in [5.41, 5.74) is 12.0. The molecule has 0 radical (unpaired) electrons. The highest BCUT2D eigenvalue weighted by molar-refractivity contribution is 6.13. The third-order valence-electron chi connectivity index (χ3n) is 13.7. The van der Waals surface area contributed by atoms with Gasteiger partial charge in [0.2, 0.25) is 0 Å². The van der Waals surface area contributed by atoms with Crippen LogP contribution in [-0.2, 0) is 5.41 Å². The first-order valence-electron chi connectivity index (χ1n) is 23.4. The molecule has 308 valence electrons. The molecule has 12 rings (SSSR count). The second-order valence-electron chi connectivity index (χ2n) is 17.0. The van der Waals surface area contributed by atoms with E-state index >= 15 is 0 Å². The molecule has 2 heteroatoms. The van der Waals surface area contributed by atoms with Crippen LogP contribution in [0.5, 0.6) is 0 Å². The molecule has 0 amide bonds. The SMILES string of the molecule is [2H]c1cc2c(c([2H])c1N(c1ccc(-n3c4ccccc4c4ccccc43)cc1)C1C=CC(c3cc4ccccc4c4ccccc34)=CC1)C(/C(C=C)=C/C=C)(c1ccccc1)c1ccccc1-2. The Kier molecular flexibility index (Phi) is 8.69. The van der Waals surface area contributed by atoms with E-state index in [1.54, 1.807) is 0 Å². The minimum absolute atomic E-state index is 0.210. The van der Waals surface area contributed by atoms with Gasteiger partial charge in [-0.2, -0.15) is 0 Å². The summed E-state index contributed by atoms with van der Waals surface area (Å²) in [4.78, 5) is 2.24. The minimum atomic E-state index is -0.888. The van der Waals surface area contributed by atoms with Crippen molar-refractivity contribution < 1.29 is 2.74 Å². The summed E-state index contributed by atoms with van der Waals surface area (Å²) in [6, 6.07) is 66.8.